The van der Waals surface area contributed by atoms with Crippen molar-refractivity contribution in [1.82, 2.24) is 4.90 Å². The fraction of sp³-hybridized carbons (Fsp3) is 0.414. The molecule has 0 spiro atoms. The van der Waals surface area contributed by atoms with Gasteiger partial charge in [-0.3, -0.25) is 9.69 Å². The van der Waals surface area contributed by atoms with E-state index >= 15 is 4.39 Å². The first kappa shape index (κ1) is 26.4. The van der Waals surface area contributed by atoms with E-state index in [1.54, 1.807) is 23.1 Å². The summed E-state index contributed by atoms with van der Waals surface area (Å²) >= 11 is 1.40. The SMILES string of the molecule is CS(=O)(=O)c1ccc(CN2CC3C(C2)C3CN(C(=O)c2cccs2)c2ccc(N3CCOCC3)c(F)c2)cc1. The largest absolute Gasteiger partial charge is 0.378 e. The zero-order chi connectivity index (χ0) is 27.1. The summed E-state index contributed by atoms with van der Waals surface area (Å²) in [6.07, 6.45) is 1.22. The van der Waals surface area contributed by atoms with E-state index in [0.717, 1.165) is 25.2 Å². The van der Waals surface area contributed by atoms with E-state index in [4.69, 9.17) is 4.74 Å². The number of carbonyl (C=O) groups is 1. The zero-order valence-electron chi connectivity index (χ0n) is 21.8. The summed E-state index contributed by atoms with van der Waals surface area (Å²) in [5.74, 6) is 0.964. The second-order valence-corrected chi connectivity index (χ2v) is 13.7. The summed E-state index contributed by atoms with van der Waals surface area (Å²) in [7, 11) is -3.20. The number of nitrogens with zero attached hydrogens (tertiary/aromatic N) is 3. The average Bonchev–Trinajstić information content (AvgIpc) is 3.29. The van der Waals surface area contributed by atoms with E-state index < -0.39 is 9.84 Å². The van der Waals surface area contributed by atoms with Crippen LogP contribution >= 0.6 is 11.3 Å². The summed E-state index contributed by atoms with van der Waals surface area (Å²) in [5, 5.41) is 1.89. The number of sulfone groups is 1. The maximum atomic E-state index is 15.3. The van der Waals surface area contributed by atoms with Gasteiger partial charge in [0, 0.05) is 51.2 Å². The second-order valence-electron chi connectivity index (χ2n) is 10.7. The van der Waals surface area contributed by atoms with E-state index in [2.05, 4.69) is 4.90 Å². The van der Waals surface area contributed by atoms with Gasteiger partial charge in [0.25, 0.3) is 5.91 Å². The van der Waals surface area contributed by atoms with E-state index in [0.29, 0.717) is 71.7 Å². The molecule has 2 saturated heterocycles. The van der Waals surface area contributed by atoms with Gasteiger partial charge >= 0.3 is 0 Å². The summed E-state index contributed by atoms with van der Waals surface area (Å²) in [6.45, 7) is 5.68. The van der Waals surface area contributed by atoms with E-state index in [1.165, 1.54) is 23.7 Å². The maximum Gasteiger partial charge on any atom is 0.268 e. The number of anilines is 2. The van der Waals surface area contributed by atoms with Gasteiger partial charge in [0.1, 0.15) is 5.82 Å². The highest BCUT2D eigenvalue weighted by Crippen LogP contribution is 2.52. The molecule has 1 aromatic heterocycles. The number of piperidine rings is 1. The molecule has 3 aromatic rings. The minimum absolute atomic E-state index is 0.0867. The number of likely N-dealkylation sites (tertiary alicyclic amines) is 1. The highest BCUT2D eigenvalue weighted by molar-refractivity contribution is 7.90. The molecule has 39 heavy (non-hydrogen) atoms. The van der Waals surface area contributed by atoms with Gasteiger partial charge in [0.15, 0.2) is 9.84 Å². The quantitative estimate of drug-likeness (QED) is 0.406. The van der Waals surface area contributed by atoms with Crippen molar-refractivity contribution >= 4 is 38.5 Å². The first-order valence-corrected chi connectivity index (χ1v) is 16.0. The van der Waals surface area contributed by atoms with Gasteiger partial charge in [0.2, 0.25) is 0 Å². The van der Waals surface area contributed by atoms with Crippen LogP contribution in [-0.2, 0) is 21.1 Å². The van der Waals surface area contributed by atoms with Crippen LogP contribution in [0.2, 0.25) is 0 Å². The molecular weight excluding hydrogens is 537 g/mol. The molecule has 0 radical (unpaired) electrons. The van der Waals surface area contributed by atoms with Gasteiger partial charge in [0.05, 0.1) is 28.7 Å². The Kier molecular flexibility index (Phi) is 7.22. The molecule has 2 aliphatic heterocycles. The molecule has 2 aromatic carbocycles. The van der Waals surface area contributed by atoms with Crippen LogP contribution in [0.4, 0.5) is 15.8 Å². The molecule has 10 heteroatoms. The highest BCUT2D eigenvalue weighted by atomic mass is 32.2. The number of hydrogen-bond donors (Lipinski definition) is 0. The minimum atomic E-state index is -3.20. The average molecular weight is 570 g/mol. The second kappa shape index (κ2) is 10.6. The van der Waals surface area contributed by atoms with Gasteiger partial charge < -0.3 is 14.5 Å². The Hall–Kier alpha value is -2.79. The smallest absolute Gasteiger partial charge is 0.268 e. The molecule has 0 N–H and O–H groups in total. The van der Waals surface area contributed by atoms with Crippen LogP contribution < -0.4 is 9.80 Å². The number of ether oxygens (including phenoxy) is 1. The molecule has 206 valence electrons. The van der Waals surface area contributed by atoms with Gasteiger partial charge in [-0.05, 0) is 65.1 Å². The predicted molar refractivity (Wildman–Crippen MR) is 151 cm³/mol. The van der Waals surface area contributed by atoms with Crippen LogP contribution in [0, 0.1) is 23.6 Å². The number of amides is 1. The number of thiophene rings is 1. The number of rotatable bonds is 8. The summed E-state index contributed by atoms with van der Waals surface area (Å²) in [5.41, 5.74) is 2.23. The third-order valence-electron chi connectivity index (χ3n) is 8.17. The molecule has 0 bridgehead atoms. The third kappa shape index (κ3) is 5.61. The van der Waals surface area contributed by atoms with Crippen molar-refractivity contribution in [2.24, 2.45) is 17.8 Å². The molecule has 6 rings (SSSR count). The fourth-order valence-electron chi connectivity index (χ4n) is 6.01. The Bertz CT molecular complexity index is 1430. The normalized spacial score (nSPS) is 23.0. The molecule has 1 amide bonds. The van der Waals surface area contributed by atoms with E-state index in [-0.39, 0.29) is 11.7 Å². The Balaban J connectivity index is 1.13. The van der Waals surface area contributed by atoms with Gasteiger partial charge in [-0.1, -0.05) is 18.2 Å². The highest BCUT2D eigenvalue weighted by Gasteiger charge is 2.56. The lowest BCUT2D eigenvalue weighted by Gasteiger charge is -2.30. The standard InChI is InChI=1S/C29H32FN3O4S2/c1-39(35,36)22-7-4-20(5-8-22)16-31-17-23-24(18-31)25(23)19-33(29(34)28-3-2-14-38-28)21-6-9-27(26(30)15-21)32-10-12-37-13-11-32/h2-9,14-15,23-25H,10-13,16-19H2,1H3. The Morgan fingerprint density at radius 3 is 2.41 bits per heavy atom. The minimum Gasteiger partial charge on any atom is -0.378 e. The predicted octanol–water partition coefficient (Wildman–Crippen LogP) is 4.15. The molecule has 2 unspecified atom stereocenters. The summed E-state index contributed by atoms with van der Waals surface area (Å²) in [6, 6.07) is 15.9. The van der Waals surface area contributed by atoms with Crippen LogP contribution in [0.1, 0.15) is 15.2 Å². The number of hydrogen-bond acceptors (Lipinski definition) is 7. The van der Waals surface area contributed by atoms with Gasteiger partial charge in [-0.2, -0.15) is 0 Å². The van der Waals surface area contributed by atoms with Crippen LogP contribution in [0.5, 0.6) is 0 Å². The van der Waals surface area contributed by atoms with E-state index in [1.807, 2.05) is 40.6 Å². The van der Waals surface area contributed by atoms with Crippen molar-refractivity contribution in [2.75, 3.05) is 62.0 Å². The van der Waals surface area contributed by atoms with Crippen molar-refractivity contribution in [2.45, 2.75) is 11.4 Å². The molecule has 3 fully saturated rings. The lowest BCUT2D eigenvalue weighted by atomic mass is 10.1. The molecule has 1 saturated carbocycles. The number of fused-ring (bicyclic) bond motifs is 1. The molecule has 7 nitrogen and oxygen atoms in total. The van der Waals surface area contributed by atoms with Crippen molar-refractivity contribution in [1.29, 1.82) is 0 Å². The van der Waals surface area contributed by atoms with Gasteiger partial charge in [-0.25, -0.2) is 12.8 Å². The fourth-order valence-corrected chi connectivity index (χ4v) is 7.31. The van der Waals surface area contributed by atoms with Crippen LogP contribution in [0.25, 0.3) is 0 Å². The Labute approximate surface area is 232 Å². The maximum absolute atomic E-state index is 15.3. The number of carbonyl (C=O) groups excluding carboxylic acids is 1. The third-order valence-corrected chi connectivity index (χ3v) is 10.2. The Morgan fingerprint density at radius 2 is 1.79 bits per heavy atom. The topological polar surface area (TPSA) is 70.2 Å². The zero-order valence-corrected chi connectivity index (χ0v) is 23.5. The Morgan fingerprint density at radius 1 is 1.08 bits per heavy atom. The van der Waals surface area contributed by atoms with Crippen molar-refractivity contribution in [3.05, 3.63) is 76.2 Å². The van der Waals surface area contributed by atoms with Crippen molar-refractivity contribution in [3.8, 4) is 0 Å². The molecule has 3 aliphatic rings. The molecule has 3 heterocycles. The van der Waals surface area contributed by atoms with Gasteiger partial charge in [-0.15, -0.1) is 11.3 Å². The molecule has 2 atom stereocenters. The van der Waals surface area contributed by atoms with Crippen molar-refractivity contribution in [3.63, 3.8) is 0 Å². The van der Waals surface area contributed by atoms with Crippen molar-refractivity contribution < 1.29 is 22.3 Å². The summed E-state index contributed by atoms with van der Waals surface area (Å²) in [4.78, 5) is 20.6. The van der Waals surface area contributed by atoms with E-state index in [9.17, 15) is 13.2 Å². The molecule has 1 aliphatic carbocycles. The van der Waals surface area contributed by atoms with Crippen LogP contribution in [0.3, 0.4) is 0 Å². The molecular formula is C29H32FN3O4S2. The first-order valence-electron chi connectivity index (χ1n) is 13.3. The lowest BCUT2D eigenvalue weighted by Crippen LogP contribution is -2.37. The first-order chi connectivity index (χ1) is 18.8. The lowest BCUT2D eigenvalue weighted by molar-refractivity contribution is 0.0988. The number of morpholine rings is 1. The number of halogens is 1. The number of benzene rings is 2. The van der Waals surface area contributed by atoms with Crippen LogP contribution in [0.15, 0.2) is 64.9 Å². The summed E-state index contributed by atoms with van der Waals surface area (Å²) < 4.78 is 44.1. The van der Waals surface area contributed by atoms with Crippen LogP contribution in [-0.4, -0.2) is 71.4 Å². The monoisotopic (exact) mass is 569 g/mol.